The molecule has 5 rings (SSSR count). The Hall–Kier alpha value is -4.26. The Balaban J connectivity index is 1.73. The van der Waals surface area contributed by atoms with E-state index in [0.29, 0.717) is 30.0 Å². The minimum atomic E-state index is -0.903. The van der Waals surface area contributed by atoms with E-state index in [-0.39, 0.29) is 22.8 Å². The van der Waals surface area contributed by atoms with Crippen molar-refractivity contribution in [3.05, 3.63) is 89.0 Å². The van der Waals surface area contributed by atoms with E-state index in [1.54, 1.807) is 36.4 Å². The second-order valence-corrected chi connectivity index (χ2v) is 8.47. The van der Waals surface area contributed by atoms with Crippen LogP contribution in [0.1, 0.15) is 22.7 Å². The molecule has 2 aliphatic rings. The summed E-state index contributed by atoms with van der Waals surface area (Å²) in [7, 11) is 1.93. The van der Waals surface area contributed by atoms with Crippen molar-refractivity contribution in [3.8, 4) is 11.5 Å². The average molecular weight is 456 g/mol. The molecular weight excluding hydrogens is 432 g/mol. The predicted octanol–water partition coefficient (Wildman–Crippen LogP) is 4.16. The maximum Gasteiger partial charge on any atom is 0.300 e. The van der Waals surface area contributed by atoms with Crippen LogP contribution < -0.4 is 14.5 Å². The number of Topliss-reactive ketones (excluding diaryl/α,β-unsaturated/α-hetero) is 1. The molecule has 3 aromatic carbocycles. The zero-order chi connectivity index (χ0) is 24.0. The predicted molar refractivity (Wildman–Crippen MR) is 129 cm³/mol. The highest BCUT2D eigenvalue weighted by molar-refractivity contribution is 6.52. The summed E-state index contributed by atoms with van der Waals surface area (Å²) in [6.07, 6.45) is 0. The van der Waals surface area contributed by atoms with E-state index < -0.39 is 17.7 Å². The molecule has 0 aliphatic carbocycles. The van der Waals surface area contributed by atoms with Gasteiger partial charge in [-0.3, -0.25) is 14.5 Å². The quantitative estimate of drug-likeness (QED) is 0.350. The van der Waals surface area contributed by atoms with Crippen LogP contribution in [-0.2, 0) is 9.59 Å². The Bertz CT molecular complexity index is 1350. The van der Waals surface area contributed by atoms with Gasteiger partial charge in [-0.05, 0) is 48.4 Å². The van der Waals surface area contributed by atoms with Crippen molar-refractivity contribution in [1.29, 1.82) is 0 Å². The molecule has 0 spiro atoms. The monoisotopic (exact) mass is 456 g/mol. The lowest BCUT2D eigenvalue weighted by Crippen LogP contribution is -2.29. The molecule has 34 heavy (non-hydrogen) atoms. The van der Waals surface area contributed by atoms with Crippen LogP contribution in [0.2, 0.25) is 0 Å². The first-order valence-electron chi connectivity index (χ1n) is 11.0. The molecule has 172 valence electrons. The zero-order valence-corrected chi connectivity index (χ0v) is 18.9. The Labute approximate surface area is 197 Å². The van der Waals surface area contributed by atoms with Crippen molar-refractivity contribution in [2.24, 2.45) is 0 Å². The lowest BCUT2D eigenvalue weighted by molar-refractivity contribution is -0.132. The number of fused-ring (bicyclic) bond motifs is 1. The van der Waals surface area contributed by atoms with E-state index in [9.17, 15) is 19.8 Å². The van der Waals surface area contributed by atoms with Crippen LogP contribution in [0.3, 0.4) is 0 Å². The molecule has 7 nitrogen and oxygen atoms in total. The number of phenolic OH excluding ortho intramolecular Hbond substituents is 1. The Morgan fingerprint density at radius 3 is 2.50 bits per heavy atom. The van der Waals surface area contributed by atoms with E-state index in [0.717, 1.165) is 11.3 Å². The third-order valence-electron chi connectivity index (χ3n) is 6.40. The summed E-state index contributed by atoms with van der Waals surface area (Å²) in [5.41, 5.74) is 2.91. The summed E-state index contributed by atoms with van der Waals surface area (Å²) in [4.78, 5) is 29.9. The molecule has 0 radical (unpaired) electrons. The minimum Gasteiger partial charge on any atom is -0.507 e. The van der Waals surface area contributed by atoms with Gasteiger partial charge in [-0.1, -0.05) is 36.4 Å². The van der Waals surface area contributed by atoms with Crippen molar-refractivity contribution in [2.45, 2.75) is 13.0 Å². The number of aliphatic hydroxyl groups excluding tert-OH is 1. The normalized spacial score (nSPS) is 19.2. The third kappa shape index (κ3) is 3.37. The first kappa shape index (κ1) is 21.6. The maximum atomic E-state index is 13.3. The average Bonchev–Trinajstić information content (AvgIpc) is 3.09. The van der Waals surface area contributed by atoms with E-state index in [1.807, 2.05) is 43.1 Å². The van der Waals surface area contributed by atoms with Crippen molar-refractivity contribution < 1.29 is 24.5 Å². The first-order valence-corrected chi connectivity index (χ1v) is 11.0. The highest BCUT2D eigenvalue weighted by atomic mass is 16.5. The van der Waals surface area contributed by atoms with Crippen molar-refractivity contribution in [2.75, 3.05) is 30.0 Å². The van der Waals surface area contributed by atoms with Crippen LogP contribution in [0.4, 0.5) is 11.4 Å². The number of hydrogen-bond donors (Lipinski definition) is 2. The summed E-state index contributed by atoms with van der Waals surface area (Å²) in [6, 6.07) is 18.0. The number of aryl methyl sites for hydroxylation is 1. The number of carbonyl (C=O) groups is 2. The van der Waals surface area contributed by atoms with E-state index in [4.69, 9.17) is 4.74 Å². The van der Waals surface area contributed by atoms with Crippen LogP contribution in [0.25, 0.3) is 5.76 Å². The van der Waals surface area contributed by atoms with Crippen molar-refractivity contribution >= 4 is 28.8 Å². The molecule has 1 atom stereocenters. The molecule has 3 aromatic rings. The van der Waals surface area contributed by atoms with Gasteiger partial charge in [-0.2, -0.15) is 0 Å². The number of amides is 1. The van der Waals surface area contributed by atoms with Crippen LogP contribution in [0.5, 0.6) is 11.5 Å². The Kier molecular flexibility index (Phi) is 5.24. The molecule has 1 unspecified atom stereocenters. The highest BCUT2D eigenvalue weighted by Gasteiger charge is 2.48. The highest BCUT2D eigenvalue weighted by Crippen LogP contribution is 2.46. The number of aliphatic hydroxyl groups is 1. The number of anilines is 2. The van der Waals surface area contributed by atoms with Gasteiger partial charge in [0.15, 0.2) is 0 Å². The number of carbonyl (C=O) groups excluding carboxylic acids is 2. The zero-order valence-electron chi connectivity index (χ0n) is 18.9. The van der Waals surface area contributed by atoms with Crippen molar-refractivity contribution in [1.82, 2.24) is 0 Å². The fraction of sp³-hybridized carbons (Fsp3) is 0.185. The van der Waals surface area contributed by atoms with Crippen LogP contribution in [-0.4, -0.2) is 42.1 Å². The Morgan fingerprint density at radius 2 is 1.74 bits per heavy atom. The lowest BCUT2D eigenvalue weighted by Gasteiger charge is -2.28. The number of phenols is 1. The van der Waals surface area contributed by atoms with Gasteiger partial charge < -0.3 is 19.8 Å². The second-order valence-electron chi connectivity index (χ2n) is 8.47. The summed E-state index contributed by atoms with van der Waals surface area (Å²) < 4.78 is 5.69. The van der Waals surface area contributed by atoms with Crippen molar-refractivity contribution in [3.63, 3.8) is 0 Å². The van der Waals surface area contributed by atoms with Gasteiger partial charge in [0.25, 0.3) is 11.7 Å². The summed E-state index contributed by atoms with van der Waals surface area (Å²) in [6.45, 7) is 3.14. The lowest BCUT2D eigenvalue weighted by atomic mass is 9.92. The molecule has 0 bridgehead atoms. The number of hydrogen-bond acceptors (Lipinski definition) is 6. The number of rotatable bonds is 3. The fourth-order valence-electron chi connectivity index (χ4n) is 4.59. The molecule has 1 fully saturated rings. The largest absolute Gasteiger partial charge is 0.507 e. The molecule has 1 saturated heterocycles. The van der Waals surface area contributed by atoms with E-state index >= 15 is 0 Å². The van der Waals surface area contributed by atoms with Gasteiger partial charge in [0.05, 0.1) is 29.5 Å². The molecule has 0 aromatic heterocycles. The molecule has 2 aliphatic heterocycles. The number of para-hydroxylation sites is 2. The summed E-state index contributed by atoms with van der Waals surface area (Å²) in [5.74, 6) is -1.33. The van der Waals surface area contributed by atoms with Gasteiger partial charge in [-0.25, -0.2) is 0 Å². The summed E-state index contributed by atoms with van der Waals surface area (Å²) in [5, 5.41) is 21.9. The number of likely N-dealkylation sites (N-methyl/N-ethyl adjacent to an activating group) is 1. The molecule has 7 heteroatoms. The van der Waals surface area contributed by atoms with E-state index in [1.165, 1.54) is 11.0 Å². The van der Waals surface area contributed by atoms with Gasteiger partial charge in [0.1, 0.15) is 23.9 Å². The molecule has 2 N–H and O–H groups in total. The molecule has 2 heterocycles. The van der Waals surface area contributed by atoms with Crippen LogP contribution in [0, 0.1) is 6.92 Å². The Morgan fingerprint density at radius 1 is 1.00 bits per heavy atom. The second kappa shape index (κ2) is 8.26. The molecule has 1 amide bonds. The fourth-order valence-corrected chi connectivity index (χ4v) is 4.59. The van der Waals surface area contributed by atoms with E-state index in [2.05, 4.69) is 0 Å². The summed E-state index contributed by atoms with van der Waals surface area (Å²) >= 11 is 0. The molecule has 0 saturated carbocycles. The maximum absolute atomic E-state index is 13.3. The number of aromatic hydroxyl groups is 1. The topological polar surface area (TPSA) is 90.3 Å². The van der Waals surface area contributed by atoms with Gasteiger partial charge in [-0.15, -0.1) is 0 Å². The number of benzene rings is 3. The van der Waals surface area contributed by atoms with Gasteiger partial charge >= 0.3 is 0 Å². The first-order chi connectivity index (χ1) is 16.4. The smallest absolute Gasteiger partial charge is 0.300 e. The SMILES string of the molecule is Cc1ccccc1C1/C(=C(\O)c2ccc3c(c2)N(C)CCO3)C(=O)C(=O)N1c1ccccc1O. The standard InChI is InChI=1S/C27H24N2O5/c1-16-7-3-4-8-18(16)24-23(26(32)27(33)29(24)19-9-5-6-10-21(19)30)25(31)17-11-12-22-20(15-17)28(2)13-14-34-22/h3-12,15,24,30-31H,13-14H2,1-2H3/b25-23+. The number of ketones is 1. The van der Waals surface area contributed by atoms with Gasteiger partial charge in [0, 0.05) is 12.6 Å². The number of nitrogens with zero attached hydrogens (tertiary/aromatic N) is 2. The van der Waals surface area contributed by atoms with Crippen LogP contribution >= 0.6 is 0 Å². The van der Waals surface area contributed by atoms with Gasteiger partial charge in [0.2, 0.25) is 0 Å². The number of ether oxygens (including phenoxy) is 1. The third-order valence-corrected chi connectivity index (χ3v) is 6.40. The van der Waals surface area contributed by atoms with Crippen LogP contribution in [0.15, 0.2) is 72.3 Å². The minimum absolute atomic E-state index is 0.0260. The molecular formula is C27H24N2O5.